The van der Waals surface area contributed by atoms with Crippen LogP contribution in [0.25, 0.3) is 0 Å². The standard InChI is InChI=1S/C13H18N4O3/c1-13(2)12(20)16(3)6-7-17(13)10-9(14)8(11(18)19)4-5-15-10/h4-5H,6-7,14H2,1-3H3,(H,18,19). The SMILES string of the molecule is CN1CCN(c2nccc(C(=O)O)c2N)C(C)(C)C1=O. The quantitative estimate of drug-likeness (QED) is 0.813. The molecule has 2 rings (SSSR count). The average Bonchev–Trinajstić information content (AvgIpc) is 2.37. The van der Waals surface area contributed by atoms with E-state index in [1.165, 1.54) is 12.3 Å². The van der Waals surface area contributed by atoms with Gasteiger partial charge in [-0.05, 0) is 19.9 Å². The van der Waals surface area contributed by atoms with E-state index in [4.69, 9.17) is 10.8 Å². The summed E-state index contributed by atoms with van der Waals surface area (Å²) < 4.78 is 0. The fourth-order valence-corrected chi connectivity index (χ4v) is 2.45. The second-order valence-electron chi connectivity index (χ2n) is 5.34. The van der Waals surface area contributed by atoms with Crippen LogP contribution in [-0.2, 0) is 4.79 Å². The highest BCUT2D eigenvalue weighted by atomic mass is 16.4. The maximum Gasteiger partial charge on any atom is 0.337 e. The van der Waals surface area contributed by atoms with Gasteiger partial charge in [0.25, 0.3) is 0 Å². The van der Waals surface area contributed by atoms with Gasteiger partial charge in [-0.3, -0.25) is 4.79 Å². The van der Waals surface area contributed by atoms with Crippen LogP contribution >= 0.6 is 0 Å². The zero-order valence-electron chi connectivity index (χ0n) is 11.8. The van der Waals surface area contributed by atoms with Crippen molar-refractivity contribution >= 4 is 23.4 Å². The molecule has 7 heteroatoms. The molecular weight excluding hydrogens is 260 g/mol. The monoisotopic (exact) mass is 278 g/mol. The highest BCUT2D eigenvalue weighted by molar-refractivity contribution is 5.98. The van der Waals surface area contributed by atoms with E-state index in [-0.39, 0.29) is 17.2 Å². The largest absolute Gasteiger partial charge is 0.478 e. The summed E-state index contributed by atoms with van der Waals surface area (Å²) in [7, 11) is 1.74. The topological polar surface area (TPSA) is 99.8 Å². The van der Waals surface area contributed by atoms with Crippen LogP contribution in [0.4, 0.5) is 11.5 Å². The Hall–Kier alpha value is -2.31. The zero-order chi connectivity index (χ0) is 15.1. The molecule has 1 saturated heterocycles. The molecule has 1 aliphatic rings. The van der Waals surface area contributed by atoms with Crippen LogP contribution in [-0.4, -0.2) is 52.5 Å². The van der Waals surface area contributed by atoms with Crippen molar-refractivity contribution < 1.29 is 14.7 Å². The highest BCUT2D eigenvalue weighted by Gasteiger charge is 2.42. The Morgan fingerprint density at radius 1 is 1.45 bits per heavy atom. The van der Waals surface area contributed by atoms with Gasteiger partial charge in [0.2, 0.25) is 5.91 Å². The van der Waals surface area contributed by atoms with Gasteiger partial charge >= 0.3 is 5.97 Å². The molecular formula is C13H18N4O3. The normalized spacial score (nSPS) is 18.2. The van der Waals surface area contributed by atoms with Gasteiger partial charge in [0.1, 0.15) is 5.54 Å². The Morgan fingerprint density at radius 2 is 2.10 bits per heavy atom. The molecule has 0 unspecified atom stereocenters. The van der Waals surface area contributed by atoms with E-state index >= 15 is 0 Å². The predicted octanol–water partition coefficient (Wildman–Crippen LogP) is 0.419. The molecule has 0 radical (unpaired) electrons. The number of hydrogen-bond acceptors (Lipinski definition) is 5. The zero-order valence-corrected chi connectivity index (χ0v) is 11.8. The number of aromatic nitrogens is 1. The summed E-state index contributed by atoms with van der Waals surface area (Å²) in [6.45, 7) is 4.65. The number of nitrogens with zero attached hydrogens (tertiary/aromatic N) is 3. The highest BCUT2D eigenvalue weighted by Crippen LogP contribution is 2.32. The Labute approximate surface area is 117 Å². The van der Waals surface area contributed by atoms with Crippen molar-refractivity contribution in [2.45, 2.75) is 19.4 Å². The number of carbonyl (C=O) groups excluding carboxylic acids is 1. The van der Waals surface area contributed by atoms with Crippen molar-refractivity contribution in [2.75, 3.05) is 30.8 Å². The summed E-state index contributed by atoms with van der Waals surface area (Å²) in [4.78, 5) is 31.0. The van der Waals surface area contributed by atoms with Gasteiger partial charge in [0.05, 0.1) is 11.3 Å². The van der Waals surface area contributed by atoms with Crippen molar-refractivity contribution in [3.63, 3.8) is 0 Å². The van der Waals surface area contributed by atoms with Crippen molar-refractivity contribution in [1.82, 2.24) is 9.88 Å². The number of nitrogen functional groups attached to an aromatic ring is 1. The number of pyridine rings is 1. The van der Waals surface area contributed by atoms with Gasteiger partial charge in [0.15, 0.2) is 5.82 Å². The molecule has 1 aromatic heterocycles. The van der Waals surface area contributed by atoms with Crippen molar-refractivity contribution in [3.05, 3.63) is 17.8 Å². The summed E-state index contributed by atoms with van der Waals surface area (Å²) in [5.41, 5.74) is 5.18. The number of hydrogen-bond donors (Lipinski definition) is 2. The third-order valence-corrected chi connectivity index (χ3v) is 3.66. The van der Waals surface area contributed by atoms with Crippen LogP contribution in [0.1, 0.15) is 24.2 Å². The van der Waals surface area contributed by atoms with Crippen LogP contribution in [0.2, 0.25) is 0 Å². The number of anilines is 2. The first-order chi connectivity index (χ1) is 9.26. The fraction of sp³-hybridized carbons (Fsp3) is 0.462. The molecule has 0 spiro atoms. The first-order valence-corrected chi connectivity index (χ1v) is 6.27. The Kier molecular flexibility index (Phi) is 3.29. The lowest BCUT2D eigenvalue weighted by molar-refractivity contribution is -0.136. The fourth-order valence-electron chi connectivity index (χ4n) is 2.45. The summed E-state index contributed by atoms with van der Waals surface area (Å²) in [5.74, 6) is -0.813. The van der Waals surface area contributed by atoms with E-state index in [2.05, 4.69) is 4.98 Å². The van der Waals surface area contributed by atoms with Gasteiger partial charge in [0, 0.05) is 26.3 Å². The molecule has 108 valence electrons. The van der Waals surface area contributed by atoms with E-state index < -0.39 is 11.5 Å². The first kappa shape index (κ1) is 14.1. The molecule has 1 aliphatic heterocycles. The number of rotatable bonds is 2. The summed E-state index contributed by atoms with van der Waals surface area (Å²) in [6.07, 6.45) is 1.40. The van der Waals surface area contributed by atoms with Crippen LogP contribution in [0.5, 0.6) is 0 Å². The van der Waals surface area contributed by atoms with Crippen molar-refractivity contribution in [1.29, 1.82) is 0 Å². The van der Waals surface area contributed by atoms with E-state index in [1.807, 2.05) is 0 Å². The third-order valence-electron chi connectivity index (χ3n) is 3.66. The van der Waals surface area contributed by atoms with Crippen LogP contribution < -0.4 is 10.6 Å². The van der Waals surface area contributed by atoms with Crippen LogP contribution in [0, 0.1) is 0 Å². The Morgan fingerprint density at radius 3 is 2.70 bits per heavy atom. The van der Waals surface area contributed by atoms with Gasteiger partial charge in [-0.1, -0.05) is 0 Å². The van der Waals surface area contributed by atoms with E-state index in [9.17, 15) is 9.59 Å². The third kappa shape index (κ3) is 2.04. The van der Waals surface area contributed by atoms with Crippen LogP contribution in [0.15, 0.2) is 12.3 Å². The van der Waals surface area contributed by atoms with Gasteiger partial charge in [-0.25, -0.2) is 9.78 Å². The lowest BCUT2D eigenvalue weighted by Gasteiger charge is -2.45. The second-order valence-corrected chi connectivity index (χ2v) is 5.34. The van der Waals surface area contributed by atoms with Gasteiger partial charge in [-0.2, -0.15) is 0 Å². The van der Waals surface area contributed by atoms with Crippen molar-refractivity contribution in [2.24, 2.45) is 0 Å². The lowest BCUT2D eigenvalue weighted by atomic mass is 9.97. The minimum Gasteiger partial charge on any atom is -0.478 e. The number of amides is 1. The summed E-state index contributed by atoms with van der Waals surface area (Å²) in [6, 6.07) is 1.35. The maximum absolute atomic E-state index is 12.3. The molecule has 3 N–H and O–H groups in total. The molecule has 20 heavy (non-hydrogen) atoms. The van der Waals surface area contributed by atoms with Crippen molar-refractivity contribution in [3.8, 4) is 0 Å². The first-order valence-electron chi connectivity index (χ1n) is 6.27. The molecule has 1 aromatic rings. The molecule has 0 aromatic carbocycles. The van der Waals surface area contributed by atoms with Crippen LogP contribution in [0.3, 0.4) is 0 Å². The molecule has 1 amide bonds. The minimum absolute atomic E-state index is 0.00261. The molecule has 0 bridgehead atoms. The molecule has 0 saturated carbocycles. The Balaban J connectivity index is 2.49. The number of piperazine rings is 1. The molecule has 1 fully saturated rings. The lowest BCUT2D eigenvalue weighted by Crippen LogP contribution is -2.62. The second kappa shape index (κ2) is 4.66. The number of carboxylic acids is 1. The number of carboxylic acid groups (broad SMARTS) is 1. The van der Waals surface area contributed by atoms with E-state index in [0.717, 1.165) is 0 Å². The predicted molar refractivity (Wildman–Crippen MR) is 74.7 cm³/mol. The number of carbonyl (C=O) groups is 2. The molecule has 2 heterocycles. The number of nitrogens with two attached hydrogens (primary N) is 1. The molecule has 7 nitrogen and oxygen atoms in total. The summed E-state index contributed by atoms with van der Waals surface area (Å²) >= 11 is 0. The Bertz CT molecular complexity index is 571. The average molecular weight is 278 g/mol. The molecule has 0 atom stereocenters. The summed E-state index contributed by atoms with van der Waals surface area (Å²) in [5, 5.41) is 9.11. The smallest absolute Gasteiger partial charge is 0.337 e. The maximum atomic E-state index is 12.3. The number of aromatic carboxylic acids is 1. The number of likely N-dealkylation sites (N-methyl/N-ethyl adjacent to an activating group) is 1. The molecule has 0 aliphatic carbocycles. The van der Waals surface area contributed by atoms with E-state index in [1.54, 1.807) is 30.7 Å². The van der Waals surface area contributed by atoms with E-state index in [0.29, 0.717) is 18.9 Å². The minimum atomic E-state index is -1.11. The van der Waals surface area contributed by atoms with Gasteiger partial charge in [-0.15, -0.1) is 0 Å². The van der Waals surface area contributed by atoms with Gasteiger partial charge < -0.3 is 20.6 Å².